The van der Waals surface area contributed by atoms with Crippen molar-refractivity contribution in [3.05, 3.63) is 0 Å². The zero-order valence-corrected chi connectivity index (χ0v) is 17.9. The van der Waals surface area contributed by atoms with Gasteiger partial charge in [0.1, 0.15) is 0 Å². The standard InChI is InChI=1S/C17H41N3OSi/c1-9-10-16(2)21-22-12-11-17(13-18(3)4,14-19(5)6)15-20(7)8/h16H,9-15,22H2,1-8H3. The smallest absolute Gasteiger partial charge is 0.161 e. The van der Waals surface area contributed by atoms with Crippen molar-refractivity contribution >= 4 is 9.76 Å². The molecule has 0 spiro atoms. The van der Waals surface area contributed by atoms with Crippen LogP contribution in [0.25, 0.3) is 0 Å². The minimum atomic E-state index is -0.393. The van der Waals surface area contributed by atoms with Gasteiger partial charge in [-0.25, -0.2) is 0 Å². The zero-order chi connectivity index (χ0) is 17.2. The van der Waals surface area contributed by atoms with Crippen molar-refractivity contribution in [1.29, 1.82) is 0 Å². The molecule has 4 nitrogen and oxygen atoms in total. The van der Waals surface area contributed by atoms with Gasteiger partial charge in [-0.3, -0.25) is 0 Å². The van der Waals surface area contributed by atoms with Crippen LogP contribution in [0.5, 0.6) is 0 Å². The first-order valence-electron chi connectivity index (χ1n) is 8.76. The maximum atomic E-state index is 6.09. The molecule has 5 heteroatoms. The SMILES string of the molecule is CCCC(C)O[SiH2]CCC(CN(C)C)(CN(C)C)CN(C)C. The lowest BCUT2D eigenvalue weighted by Crippen LogP contribution is -2.48. The van der Waals surface area contributed by atoms with Crippen molar-refractivity contribution in [2.75, 3.05) is 61.9 Å². The first-order chi connectivity index (χ1) is 10.2. The third-order valence-electron chi connectivity index (χ3n) is 3.90. The molecule has 1 unspecified atom stereocenters. The molecule has 0 radical (unpaired) electrons. The minimum absolute atomic E-state index is 0.334. The second-order valence-electron chi connectivity index (χ2n) is 7.79. The molecule has 0 aliphatic heterocycles. The summed E-state index contributed by atoms with van der Waals surface area (Å²) in [5.74, 6) is 0. The van der Waals surface area contributed by atoms with Gasteiger partial charge in [0.05, 0.1) is 0 Å². The van der Waals surface area contributed by atoms with Crippen molar-refractivity contribution in [3.63, 3.8) is 0 Å². The molecular weight excluding hydrogens is 290 g/mol. The third-order valence-corrected chi connectivity index (χ3v) is 5.35. The summed E-state index contributed by atoms with van der Waals surface area (Å²) in [5, 5.41) is 0. The molecule has 0 aromatic heterocycles. The van der Waals surface area contributed by atoms with Gasteiger partial charge in [0.25, 0.3) is 0 Å². The van der Waals surface area contributed by atoms with E-state index in [9.17, 15) is 0 Å². The lowest BCUT2D eigenvalue weighted by molar-refractivity contribution is 0.0993. The molecule has 0 aromatic carbocycles. The van der Waals surface area contributed by atoms with Crippen LogP contribution >= 0.6 is 0 Å². The average molecular weight is 332 g/mol. The molecule has 0 heterocycles. The number of hydrogen-bond acceptors (Lipinski definition) is 4. The van der Waals surface area contributed by atoms with Gasteiger partial charge < -0.3 is 19.1 Å². The molecule has 0 bridgehead atoms. The highest BCUT2D eigenvalue weighted by Crippen LogP contribution is 2.27. The Morgan fingerprint density at radius 2 is 1.36 bits per heavy atom. The van der Waals surface area contributed by atoms with Crippen LogP contribution in [0, 0.1) is 5.41 Å². The summed E-state index contributed by atoms with van der Waals surface area (Å²) in [4.78, 5) is 7.03. The van der Waals surface area contributed by atoms with Crippen molar-refractivity contribution < 1.29 is 4.43 Å². The fourth-order valence-electron chi connectivity index (χ4n) is 3.62. The van der Waals surface area contributed by atoms with Gasteiger partial charge in [-0.15, -0.1) is 0 Å². The highest BCUT2D eigenvalue weighted by molar-refractivity contribution is 6.27. The van der Waals surface area contributed by atoms with Crippen LogP contribution in [0.4, 0.5) is 0 Å². The summed E-state index contributed by atoms with van der Waals surface area (Å²) in [5.41, 5.74) is 0.334. The van der Waals surface area contributed by atoms with Gasteiger partial charge in [0, 0.05) is 31.2 Å². The van der Waals surface area contributed by atoms with E-state index >= 15 is 0 Å². The Morgan fingerprint density at radius 3 is 1.73 bits per heavy atom. The molecule has 0 aliphatic rings. The van der Waals surface area contributed by atoms with E-state index in [1.807, 2.05) is 0 Å². The van der Waals surface area contributed by atoms with E-state index in [4.69, 9.17) is 4.43 Å². The summed E-state index contributed by atoms with van der Waals surface area (Å²) in [6.07, 6.45) is 4.15. The molecule has 0 saturated carbocycles. The highest BCUT2D eigenvalue weighted by Gasteiger charge is 2.32. The topological polar surface area (TPSA) is 19.0 Å². The quantitative estimate of drug-likeness (QED) is 0.378. The molecule has 22 heavy (non-hydrogen) atoms. The van der Waals surface area contributed by atoms with Crippen molar-refractivity contribution in [2.45, 2.75) is 45.3 Å². The predicted octanol–water partition coefficient (Wildman–Crippen LogP) is 1.76. The van der Waals surface area contributed by atoms with Gasteiger partial charge in [0.15, 0.2) is 9.76 Å². The number of nitrogens with zero attached hydrogens (tertiary/aromatic N) is 3. The predicted molar refractivity (Wildman–Crippen MR) is 102 cm³/mol. The van der Waals surface area contributed by atoms with Gasteiger partial charge in [-0.1, -0.05) is 13.3 Å². The van der Waals surface area contributed by atoms with Crippen molar-refractivity contribution in [2.24, 2.45) is 5.41 Å². The fraction of sp³-hybridized carbons (Fsp3) is 1.00. The molecule has 0 saturated heterocycles. The second kappa shape index (κ2) is 11.6. The molecular formula is C17H41N3OSi. The molecule has 0 fully saturated rings. The Kier molecular flexibility index (Phi) is 11.6. The summed E-state index contributed by atoms with van der Waals surface area (Å²) >= 11 is 0. The average Bonchev–Trinajstić information content (AvgIpc) is 2.32. The van der Waals surface area contributed by atoms with E-state index in [0.717, 1.165) is 19.6 Å². The van der Waals surface area contributed by atoms with Crippen LogP contribution in [0.2, 0.25) is 6.04 Å². The van der Waals surface area contributed by atoms with E-state index in [2.05, 4.69) is 70.8 Å². The van der Waals surface area contributed by atoms with Crippen LogP contribution in [-0.4, -0.2) is 92.5 Å². The van der Waals surface area contributed by atoms with Crippen molar-refractivity contribution in [3.8, 4) is 0 Å². The van der Waals surface area contributed by atoms with Crippen molar-refractivity contribution in [1.82, 2.24) is 14.7 Å². The van der Waals surface area contributed by atoms with Gasteiger partial charge in [-0.05, 0) is 68.1 Å². The van der Waals surface area contributed by atoms with Gasteiger partial charge >= 0.3 is 0 Å². The van der Waals surface area contributed by atoms with E-state index < -0.39 is 9.76 Å². The zero-order valence-electron chi connectivity index (χ0n) is 16.5. The summed E-state index contributed by atoms with van der Waals surface area (Å²) in [6, 6.07) is 1.28. The summed E-state index contributed by atoms with van der Waals surface area (Å²) < 4.78 is 6.09. The summed E-state index contributed by atoms with van der Waals surface area (Å²) in [7, 11) is 12.8. The largest absolute Gasteiger partial charge is 0.421 e. The Labute approximate surface area is 142 Å². The van der Waals surface area contributed by atoms with E-state index in [0.29, 0.717) is 11.5 Å². The Morgan fingerprint density at radius 1 is 0.909 bits per heavy atom. The van der Waals surface area contributed by atoms with Crippen LogP contribution in [0.1, 0.15) is 33.1 Å². The fourth-order valence-corrected chi connectivity index (χ4v) is 5.25. The monoisotopic (exact) mass is 331 g/mol. The normalized spacial score (nSPS) is 14.9. The molecule has 134 valence electrons. The number of rotatable bonds is 13. The van der Waals surface area contributed by atoms with Gasteiger partial charge in [-0.2, -0.15) is 0 Å². The molecule has 0 N–H and O–H groups in total. The van der Waals surface area contributed by atoms with E-state index in [-0.39, 0.29) is 0 Å². The Bertz CT molecular complexity index is 246. The summed E-state index contributed by atoms with van der Waals surface area (Å²) in [6.45, 7) is 7.88. The molecule has 0 aromatic rings. The maximum absolute atomic E-state index is 6.09. The van der Waals surface area contributed by atoms with Crippen LogP contribution < -0.4 is 0 Å². The first-order valence-corrected chi connectivity index (χ1v) is 10.3. The lowest BCUT2D eigenvalue weighted by atomic mass is 9.83. The molecule has 1 atom stereocenters. The minimum Gasteiger partial charge on any atom is -0.421 e. The maximum Gasteiger partial charge on any atom is 0.161 e. The van der Waals surface area contributed by atoms with Gasteiger partial charge in [0.2, 0.25) is 0 Å². The Balaban J connectivity index is 4.60. The van der Waals surface area contributed by atoms with Crippen LogP contribution in [0.15, 0.2) is 0 Å². The van der Waals surface area contributed by atoms with Crippen LogP contribution in [-0.2, 0) is 4.43 Å². The number of hydrogen-bond donors (Lipinski definition) is 0. The molecule has 0 amide bonds. The molecule has 0 aliphatic carbocycles. The first kappa shape index (κ1) is 22.1. The van der Waals surface area contributed by atoms with E-state index in [1.54, 1.807) is 0 Å². The molecule has 0 rings (SSSR count). The Hall–Kier alpha value is 0.0569. The van der Waals surface area contributed by atoms with Crippen LogP contribution in [0.3, 0.4) is 0 Å². The second-order valence-corrected chi connectivity index (χ2v) is 9.24. The van der Waals surface area contributed by atoms with E-state index in [1.165, 1.54) is 25.3 Å². The third kappa shape index (κ3) is 10.7. The highest BCUT2D eigenvalue weighted by atomic mass is 28.2. The lowest BCUT2D eigenvalue weighted by Gasteiger charge is -2.40.